The Balaban J connectivity index is 0.00000363. The molecule has 2 fully saturated rings. The van der Waals surface area contributed by atoms with Crippen LogP contribution in [0.1, 0.15) is 44.1 Å². The third kappa shape index (κ3) is 6.82. The molecule has 0 bridgehead atoms. The Morgan fingerprint density at radius 2 is 1.72 bits per heavy atom. The van der Waals surface area contributed by atoms with Crippen LogP contribution >= 0.6 is 24.0 Å². The number of nitrogens with one attached hydrogen (secondary N) is 1. The van der Waals surface area contributed by atoms with Crippen LogP contribution in [0.15, 0.2) is 4.99 Å². The summed E-state index contributed by atoms with van der Waals surface area (Å²) in [7, 11) is 1.98. The number of guanidine groups is 1. The average Bonchev–Trinajstić information content (AvgIpc) is 2.96. The first-order valence-electron chi connectivity index (χ1n) is 11.8. The van der Waals surface area contributed by atoms with Gasteiger partial charge < -0.3 is 15.1 Å². The van der Waals surface area contributed by atoms with E-state index in [0.29, 0.717) is 24.9 Å². The number of aryl methyl sites for hydroxylation is 2. The van der Waals surface area contributed by atoms with Crippen molar-refractivity contribution in [3.8, 4) is 0 Å². The fourth-order valence-corrected chi connectivity index (χ4v) is 4.90. The van der Waals surface area contributed by atoms with Gasteiger partial charge in [0.05, 0.1) is 18.8 Å². The number of rotatable bonds is 5. The van der Waals surface area contributed by atoms with Gasteiger partial charge in [-0.3, -0.25) is 14.4 Å². The van der Waals surface area contributed by atoms with Crippen LogP contribution in [0.3, 0.4) is 0 Å². The van der Waals surface area contributed by atoms with E-state index in [9.17, 15) is 4.79 Å². The van der Waals surface area contributed by atoms with E-state index in [4.69, 9.17) is 4.99 Å². The number of halogens is 1. The molecule has 3 rings (SSSR count). The van der Waals surface area contributed by atoms with Gasteiger partial charge >= 0.3 is 0 Å². The van der Waals surface area contributed by atoms with E-state index in [1.54, 1.807) is 0 Å². The molecule has 0 aliphatic carbocycles. The lowest BCUT2D eigenvalue weighted by molar-refractivity contribution is -0.135. The maximum Gasteiger partial charge on any atom is 0.236 e. The van der Waals surface area contributed by atoms with Crippen LogP contribution in [0.25, 0.3) is 0 Å². The van der Waals surface area contributed by atoms with Crippen LogP contribution in [-0.2, 0) is 18.4 Å². The fourth-order valence-electron chi connectivity index (χ4n) is 4.90. The second kappa shape index (κ2) is 12.2. The number of carbonyl (C=O) groups excluding carboxylic acids is 1. The van der Waals surface area contributed by atoms with Crippen molar-refractivity contribution in [3.63, 3.8) is 0 Å². The minimum atomic E-state index is 0. The Morgan fingerprint density at radius 3 is 2.25 bits per heavy atom. The lowest BCUT2D eigenvalue weighted by atomic mass is 9.92. The van der Waals surface area contributed by atoms with Gasteiger partial charge in [-0.25, -0.2) is 4.99 Å². The minimum absolute atomic E-state index is 0. The predicted octanol–water partition coefficient (Wildman–Crippen LogP) is 2.24. The molecule has 2 unspecified atom stereocenters. The summed E-state index contributed by atoms with van der Waals surface area (Å²) in [6, 6.07) is 0. The van der Waals surface area contributed by atoms with Gasteiger partial charge in [0.15, 0.2) is 5.96 Å². The van der Waals surface area contributed by atoms with E-state index in [0.717, 1.165) is 57.5 Å². The zero-order valence-electron chi connectivity index (χ0n) is 20.7. The van der Waals surface area contributed by atoms with Crippen LogP contribution in [0.2, 0.25) is 0 Å². The summed E-state index contributed by atoms with van der Waals surface area (Å²) >= 11 is 0. The van der Waals surface area contributed by atoms with Gasteiger partial charge in [0, 0.05) is 64.1 Å². The van der Waals surface area contributed by atoms with E-state index in [2.05, 4.69) is 52.8 Å². The smallest absolute Gasteiger partial charge is 0.236 e. The quantitative estimate of drug-likeness (QED) is 0.341. The average molecular weight is 560 g/mol. The third-order valence-electron chi connectivity index (χ3n) is 6.63. The number of amides is 1. The first-order chi connectivity index (χ1) is 14.8. The van der Waals surface area contributed by atoms with Gasteiger partial charge in [-0.15, -0.1) is 24.0 Å². The SMILES string of the molecule is CCNC(=NCc1c(C)nn(C)c1C)N1CCN(CC(=O)N2CC(C)CC(C)C2)CC1.I. The van der Waals surface area contributed by atoms with E-state index >= 15 is 0 Å². The zero-order valence-corrected chi connectivity index (χ0v) is 23.1. The van der Waals surface area contributed by atoms with Gasteiger partial charge in [-0.05, 0) is 39.0 Å². The number of piperazine rings is 1. The summed E-state index contributed by atoms with van der Waals surface area (Å²) in [5.41, 5.74) is 3.41. The second-order valence-corrected chi connectivity index (χ2v) is 9.45. The topological polar surface area (TPSA) is 69.0 Å². The number of carbonyl (C=O) groups is 1. The minimum Gasteiger partial charge on any atom is -0.357 e. The number of piperidine rings is 1. The monoisotopic (exact) mass is 559 g/mol. The molecule has 1 amide bonds. The standard InChI is InChI=1S/C23H41N7O.HI/c1-7-24-23(25-13-21-19(4)26-27(6)20(21)5)29-10-8-28(9-11-29)16-22(31)30-14-17(2)12-18(3)15-30;/h17-18H,7-16H2,1-6H3,(H,24,25);1H. The highest BCUT2D eigenvalue weighted by molar-refractivity contribution is 14.0. The lowest BCUT2D eigenvalue weighted by Crippen LogP contribution is -2.55. The van der Waals surface area contributed by atoms with Gasteiger partial charge in [-0.1, -0.05) is 13.8 Å². The maximum atomic E-state index is 12.8. The van der Waals surface area contributed by atoms with Crippen molar-refractivity contribution in [1.82, 2.24) is 29.8 Å². The highest BCUT2D eigenvalue weighted by atomic mass is 127. The maximum absolute atomic E-state index is 12.8. The van der Waals surface area contributed by atoms with E-state index < -0.39 is 0 Å². The van der Waals surface area contributed by atoms with Crippen molar-refractivity contribution >= 4 is 35.8 Å². The predicted molar refractivity (Wildman–Crippen MR) is 140 cm³/mol. The largest absolute Gasteiger partial charge is 0.357 e. The first-order valence-corrected chi connectivity index (χ1v) is 11.8. The molecular formula is C23H42IN7O. The molecule has 2 aliphatic rings. The molecule has 32 heavy (non-hydrogen) atoms. The van der Waals surface area contributed by atoms with E-state index in [1.807, 2.05) is 18.7 Å². The first kappa shape index (κ1) is 26.9. The Labute approximate surface area is 210 Å². The van der Waals surface area contributed by atoms with Crippen LogP contribution in [0.4, 0.5) is 0 Å². The summed E-state index contributed by atoms with van der Waals surface area (Å²) in [5.74, 6) is 2.45. The molecule has 1 aromatic rings. The molecule has 1 aromatic heterocycles. The van der Waals surface area contributed by atoms with Crippen molar-refractivity contribution in [2.24, 2.45) is 23.9 Å². The van der Waals surface area contributed by atoms with Gasteiger partial charge in [-0.2, -0.15) is 5.10 Å². The lowest BCUT2D eigenvalue weighted by Gasteiger charge is -2.39. The van der Waals surface area contributed by atoms with Crippen LogP contribution in [-0.4, -0.2) is 88.7 Å². The van der Waals surface area contributed by atoms with Gasteiger partial charge in [0.1, 0.15) is 0 Å². The molecule has 2 atom stereocenters. The highest BCUT2D eigenvalue weighted by Crippen LogP contribution is 2.21. The molecule has 0 aromatic carbocycles. The van der Waals surface area contributed by atoms with E-state index in [-0.39, 0.29) is 29.9 Å². The normalized spacial score (nSPS) is 22.6. The molecule has 0 radical (unpaired) electrons. The number of aromatic nitrogens is 2. The molecular weight excluding hydrogens is 517 g/mol. The van der Waals surface area contributed by atoms with Gasteiger partial charge in [0.2, 0.25) is 5.91 Å². The number of hydrogen-bond acceptors (Lipinski definition) is 4. The van der Waals surface area contributed by atoms with Crippen molar-refractivity contribution in [2.75, 3.05) is 52.4 Å². The Bertz CT molecular complexity index is 776. The van der Waals surface area contributed by atoms with Crippen molar-refractivity contribution in [3.05, 3.63) is 17.0 Å². The molecule has 182 valence electrons. The van der Waals surface area contributed by atoms with Crippen molar-refractivity contribution < 1.29 is 4.79 Å². The molecule has 1 N–H and O–H groups in total. The number of likely N-dealkylation sites (tertiary alicyclic amines) is 1. The van der Waals surface area contributed by atoms with Gasteiger partial charge in [0.25, 0.3) is 0 Å². The van der Waals surface area contributed by atoms with E-state index in [1.165, 1.54) is 17.7 Å². The zero-order chi connectivity index (χ0) is 22.5. The fraction of sp³-hybridized carbons (Fsp3) is 0.783. The Hall–Kier alpha value is -1.36. The highest BCUT2D eigenvalue weighted by Gasteiger charge is 2.28. The molecule has 0 spiro atoms. The second-order valence-electron chi connectivity index (χ2n) is 9.45. The summed E-state index contributed by atoms with van der Waals surface area (Å²) in [6.45, 7) is 18.1. The van der Waals surface area contributed by atoms with Crippen molar-refractivity contribution in [2.45, 2.75) is 47.6 Å². The summed E-state index contributed by atoms with van der Waals surface area (Å²) in [4.78, 5) is 24.4. The summed E-state index contributed by atoms with van der Waals surface area (Å²) in [5, 5.41) is 7.94. The molecule has 2 aliphatic heterocycles. The Morgan fingerprint density at radius 1 is 1.09 bits per heavy atom. The molecule has 9 heteroatoms. The summed E-state index contributed by atoms with van der Waals surface area (Å²) in [6.07, 6.45) is 1.23. The van der Waals surface area contributed by atoms with Crippen LogP contribution in [0, 0.1) is 25.7 Å². The molecule has 3 heterocycles. The van der Waals surface area contributed by atoms with Crippen LogP contribution in [0.5, 0.6) is 0 Å². The molecule has 2 saturated heterocycles. The number of aliphatic imine (C=N–C) groups is 1. The number of hydrogen-bond donors (Lipinski definition) is 1. The van der Waals surface area contributed by atoms with Crippen LogP contribution < -0.4 is 5.32 Å². The molecule has 8 nitrogen and oxygen atoms in total. The molecule has 0 saturated carbocycles. The third-order valence-corrected chi connectivity index (χ3v) is 6.63. The summed E-state index contributed by atoms with van der Waals surface area (Å²) < 4.78 is 1.92. The number of nitrogens with zero attached hydrogens (tertiary/aromatic N) is 6. The van der Waals surface area contributed by atoms with Crippen molar-refractivity contribution in [1.29, 1.82) is 0 Å². The Kier molecular flexibility index (Phi) is 10.3.